The van der Waals surface area contributed by atoms with Gasteiger partial charge in [-0.25, -0.2) is 4.98 Å². The Kier molecular flexibility index (Phi) is 3.79. The fourth-order valence-corrected chi connectivity index (χ4v) is 2.06. The van der Waals surface area contributed by atoms with Crippen LogP contribution in [-0.4, -0.2) is 23.6 Å². The van der Waals surface area contributed by atoms with E-state index in [-0.39, 0.29) is 0 Å². The van der Waals surface area contributed by atoms with Crippen molar-refractivity contribution in [3.05, 3.63) is 41.2 Å². The first kappa shape index (κ1) is 13.5. The minimum absolute atomic E-state index is 0.778. The van der Waals surface area contributed by atoms with Crippen molar-refractivity contribution in [2.45, 2.75) is 20.4 Å². The third-order valence-electron chi connectivity index (χ3n) is 3.44. The predicted octanol–water partition coefficient (Wildman–Crippen LogP) is 2.72. The second kappa shape index (κ2) is 5.34. The Labute approximate surface area is 115 Å². The number of aryl methyl sites for hydroxylation is 2. The summed E-state index contributed by atoms with van der Waals surface area (Å²) in [7, 11) is 6.05. The van der Waals surface area contributed by atoms with E-state index >= 15 is 0 Å². The van der Waals surface area contributed by atoms with Crippen molar-refractivity contribution < 1.29 is 0 Å². The van der Waals surface area contributed by atoms with Crippen LogP contribution in [-0.2, 0) is 13.6 Å². The molecule has 2 aromatic rings. The van der Waals surface area contributed by atoms with Gasteiger partial charge in [0.15, 0.2) is 0 Å². The number of nitrogens with one attached hydrogen (secondary N) is 1. The SMILES string of the molecule is Cc1ccc(NCc2cnc(N(C)C)n2C)cc1C. The zero-order chi connectivity index (χ0) is 14.0. The predicted molar refractivity (Wildman–Crippen MR) is 80.8 cm³/mol. The highest BCUT2D eigenvalue weighted by Crippen LogP contribution is 2.16. The van der Waals surface area contributed by atoms with Gasteiger partial charge < -0.3 is 14.8 Å². The molecule has 0 unspecified atom stereocenters. The minimum Gasteiger partial charge on any atom is -0.379 e. The molecule has 2 rings (SSSR count). The summed E-state index contributed by atoms with van der Waals surface area (Å²) in [5.41, 5.74) is 4.95. The molecule has 1 aromatic carbocycles. The molecular weight excluding hydrogens is 236 g/mol. The average molecular weight is 258 g/mol. The number of nitrogens with zero attached hydrogens (tertiary/aromatic N) is 3. The third-order valence-corrected chi connectivity index (χ3v) is 3.44. The molecule has 0 bridgehead atoms. The number of hydrogen-bond acceptors (Lipinski definition) is 3. The van der Waals surface area contributed by atoms with E-state index in [4.69, 9.17) is 0 Å². The van der Waals surface area contributed by atoms with Gasteiger partial charge in [0.2, 0.25) is 5.95 Å². The first-order valence-electron chi connectivity index (χ1n) is 6.48. The minimum atomic E-state index is 0.778. The highest BCUT2D eigenvalue weighted by molar-refractivity contribution is 5.48. The van der Waals surface area contributed by atoms with Crippen molar-refractivity contribution in [2.24, 2.45) is 7.05 Å². The number of anilines is 2. The Bertz CT molecular complexity index is 570. The molecule has 0 aliphatic rings. The van der Waals surface area contributed by atoms with Gasteiger partial charge in [0.1, 0.15) is 0 Å². The van der Waals surface area contributed by atoms with E-state index in [1.54, 1.807) is 0 Å². The van der Waals surface area contributed by atoms with Gasteiger partial charge in [-0.1, -0.05) is 6.07 Å². The lowest BCUT2D eigenvalue weighted by atomic mass is 10.1. The number of rotatable bonds is 4. The normalized spacial score (nSPS) is 10.6. The van der Waals surface area contributed by atoms with Crippen LogP contribution in [0.25, 0.3) is 0 Å². The van der Waals surface area contributed by atoms with E-state index in [2.05, 4.69) is 46.9 Å². The van der Waals surface area contributed by atoms with Crippen molar-refractivity contribution in [1.82, 2.24) is 9.55 Å². The molecule has 19 heavy (non-hydrogen) atoms. The number of aromatic nitrogens is 2. The lowest BCUT2D eigenvalue weighted by Crippen LogP contribution is -2.15. The quantitative estimate of drug-likeness (QED) is 0.915. The lowest BCUT2D eigenvalue weighted by Gasteiger charge is -2.13. The Morgan fingerprint density at radius 3 is 2.53 bits per heavy atom. The van der Waals surface area contributed by atoms with E-state index in [0.29, 0.717) is 0 Å². The highest BCUT2D eigenvalue weighted by Gasteiger charge is 2.07. The Morgan fingerprint density at radius 1 is 1.21 bits per heavy atom. The van der Waals surface area contributed by atoms with Crippen molar-refractivity contribution in [1.29, 1.82) is 0 Å². The summed E-state index contributed by atoms with van der Waals surface area (Å²) in [6.45, 7) is 5.04. The van der Waals surface area contributed by atoms with Gasteiger partial charge in [0.05, 0.1) is 18.4 Å². The molecule has 1 heterocycles. The van der Waals surface area contributed by atoms with Gasteiger partial charge in [0.25, 0.3) is 0 Å². The molecule has 4 nitrogen and oxygen atoms in total. The van der Waals surface area contributed by atoms with Gasteiger partial charge in [-0.3, -0.25) is 0 Å². The van der Waals surface area contributed by atoms with Crippen molar-refractivity contribution in [3.8, 4) is 0 Å². The Morgan fingerprint density at radius 2 is 1.95 bits per heavy atom. The van der Waals surface area contributed by atoms with Gasteiger partial charge in [0, 0.05) is 26.8 Å². The molecule has 0 atom stereocenters. The monoisotopic (exact) mass is 258 g/mol. The van der Waals surface area contributed by atoms with Crippen molar-refractivity contribution >= 4 is 11.6 Å². The molecule has 1 N–H and O–H groups in total. The van der Waals surface area contributed by atoms with Gasteiger partial charge in [-0.05, 0) is 37.1 Å². The maximum Gasteiger partial charge on any atom is 0.204 e. The van der Waals surface area contributed by atoms with E-state index in [9.17, 15) is 0 Å². The number of benzene rings is 1. The molecule has 0 aliphatic heterocycles. The van der Waals surface area contributed by atoms with E-state index in [1.165, 1.54) is 16.8 Å². The average Bonchev–Trinajstić information content (AvgIpc) is 2.72. The molecule has 1 aromatic heterocycles. The molecular formula is C15H22N4. The summed E-state index contributed by atoms with van der Waals surface area (Å²) in [5, 5.41) is 3.44. The first-order valence-corrected chi connectivity index (χ1v) is 6.48. The van der Waals surface area contributed by atoms with E-state index in [1.807, 2.05) is 32.2 Å². The Balaban J connectivity index is 2.08. The fourth-order valence-electron chi connectivity index (χ4n) is 2.06. The number of hydrogen-bond donors (Lipinski definition) is 1. The summed E-state index contributed by atoms with van der Waals surface area (Å²) in [5.74, 6) is 0.969. The second-order valence-electron chi connectivity index (χ2n) is 5.16. The van der Waals surface area contributed by atoms with Crippen LogP contribution >= 0.6 is 0 Å². The summed E-state index contributed by atoms with van der Waals surface area (Å²) in [6.07, 6.45) is 1.92. The smallest absolute Gasteiger partial charge is 0.204 e. The van der Waals surface area contributed by atoms with Crippen molar-refractivity contribution in [2.75, 3.05) is 24.3 Å². The summed E-state index contributed by atoms with van der Waals surface area (Å²) in [4.78, 5) is 6.42. The molecule has 4 heteroatoms. The molecule has 0 amide bonds. The largest absolute Gasteiger partial charge is 0.379 e. The second-order valence-corrected chi connectivity index (χ2v) is 5.16. The molecule has 0 spiro atoms. The summed E-state index contributed by atoms with van der Waals surface area (Å²) < 4.78 is 2.11. The van der Waals surface area contributed by atoms with Crippen LogP contribution in [0.2, 0.25) is 0 Å². The number of imidazole rings is 1. The molecule has 0 aliphatic carbocycles. The third kappa shape index (κ3) is 2.89. The van der Waals surface area contributed by atoms with Crippen LogP contribution in [0.1, 0.15) is 16.8 Å². The molecule has 102 valence electrons. The van der Waals surface area contributed by atoms with Crippen LogP contribution < -0.4 is 10.2 Å². The van der Waals surface area contributed by atoms with E-state index in [0.717, 1.165) is 18.2 Å². The van der Waals surface area contributed by atoms with Crippen LogP contribution in [0, 0.1) is 13.8 Å². The standard InChI is InChI=1S/C15H22N4/c1-11-6-7-13(8-12(11)2)16-9-14-10-17-15(18(3)4)19(14)5/h6-8,10,16H,9H2,1-5H3. The van der Waals surface area contributed by atoms with Crippen molar-refractivity contribution in [3.63, 3.8) is 0 Å². The topological polar surface area (TPSA) is 33.1 Å². The molecule has 0 radical (unpaired) electrons. The van der Waals surface area contributed by atoms with Crippen LogP contribution in [0.5, 0.6) is 0 Å². The van der Waals surface area contributed by atoms with Crippen LogP contribution in [0.3, 0.4) is 0 Å². The summed E-state index contributed by atoms with van der Waals surface area (Å²) in [6, 6.07) is 6.44. The molecule has 0 saturated heterocycles. The summed E-state index contributed by atoms with van der Waals surface area (Å²) >= 11 is 0. The molecule has 0 fully saturated rings. The maximum atomic E-state index is 4.41. The zero-order valence-electron chi connectivity index (χ0n) is 12.4. The Hall–Kier alpha value is -1.97. The fraction of sp³-hybridized carbons (Fsp3) is 0.400. The van der Waals surface area contributed by atoms with Crippen LogP contribution in [0.4, 0.5) is 11.6 Å². The van der Waals surface area contributed by atoms with E-state index < -0.39 is 0 Å². The van der Waals surface area contributed by atoms with Gasteiger partial charge in [-0.2, -0.15) is 0 Å². The van der Waals surface area contributed by atoms with Crippen LogP contribution in [0.15, 0.2) is 24.4 Å². The van der Waals surface area contributed by atoms with Gasteiger partial charge in [-0.15, -0.1) is 0 Å². The first-order chi connectivity index (χ1) is 8.99. The zero-order valence-corrected chi connectivity index (χ0v) is 12.4. The lowest BCUT2D eigenvalue weighted by molar-refractivity contribution is 0.814. The van der Waals surface area contributed by atoms with Gasteiger partial charge >= 0.3 is 0 Å². The maximum absolute atomic E-state index is 4.41. The molecule has 0 saturated carbocycles. The highest BCUT2D eigenvalue weighted by atomic mass is 15.3.